The van der Waals surface area contributed by atoms with Gasteiger partial charge >= 0.3 is 0 Å². The number of thiophene rings is 1. The zero-order valence-electron chi connectivity index (χ0n) is 9.42. The van der Waals surface area contributed by atoms with Crippen molar-refractivity contribution in [2.24, 2.45) is 0 Å². The second-order valence-corrected chi connectivity index (χ2v) is 4.62. The van der Waals surface area contributed by atoms with Crippen LogP contribution in [0, 0.1) is 6.92 Å². The smallest absolute Gasteiger partial charge is 0.243 e. The summed E-state index contributed by atoms with van der Waals surface area (Å²) >= 11 is 1.72. The van der Waals surface area contributed by atoms with Gasteiger partial charge in [0, 0.05) is 12.7 Å². The molecule has 0 aliphatic rings. The third-order valence-electron chi connectivity index (χ3n) is 2.64. The van der Waals surface area contributed by atoms with Crippen molar-refractivity contribution in [3.05, 3.63) is 46.3 Å². The van der Waals surface area contributed by atoms with Crippen LogP contribution < -0.4 is 5.32 Å². The lowest BCUT2D eigenvalue weighted by molar-refractivity contribution is 0.950. The monoisotopic (exact) mass is 244 g/mol. The standard InChI is InChI=1S/C12H12N4S/c1-9-7-17-8-10(9)6-13-12-14-11-4-2-3-5-16(11)15-12/h2-5,7-8H,6H2,1H3,(H,13,15). The van der Waals surface area contributed by atoms with Crippen LogP contribution in [0.25, 0.3) is 5.65 Å². The molecule has 0 aromatic carbocycles. The van der Waals surface area contributed by atoms with Gasteiger partial charge in [-0.3, -0.25) is 0 Å². The zero-order chi connectivity index (χ0) is 11.7. The number of rotatable bonds is 3. The fourth-order valence-electron chi connectivity index (χ4n) is 1.65. The molecule has 4 nitrogen and oxygen atoms in total. The number of nitrogens with zero attached hydrogens (tertiary/aromatic N) is 3. The van der Waals surface area contributed by atoms with E-state index in [1.807, 2.05) is 24.4 Å². The fraction of sp³-hybridized carbons (Fsp3) is 0.167. The van der Waals surface area contributed by atoms with Crippen LogP contribution in [0.4, 0.5) is 5.95 Å². The van der Waals surface area contributed by atoms with Crippen molar-refractivity contribution in [1.82, 2.24) is 14.6 Å². The Labute approximate surface area is 103 Å². The molecule has 0 saturated carbocycles. The molecule has 5 heteroatoms. The number of aryl methyl sites for hydroxylation is 1. The molecule has 0 saturated heterocycles. The molecule has 3 aromatic heterocycles. The van der Waals surface area contributed by atoms with Crippen LogP contribution in [-0.4, -0.2) is 14.6 Å². The minimum Gasteiger partial charge on any atom is -0.349 e. The largest absolute Gasteiger partial charge is 0.349 e. The predicted octanol–water partition coefficient (Wildman–Crippen LogP) is 2.71. The van der Waals surface area contributed by atoms with Crippen molar-refractivity contribution in [3.63, 3.8) is 0 Å². The maximum atomic E-state index is 4.39. The molecule has 0 unspecified atom stereocenters. The van der Waals surface area contributed by atoms with Crippen molar-refractivity contribution in [1.29, 1.82) is 0 Å². The van der Waals surface area contributed by atoms with Gasteiger partial charge in [0.15, 0.2) is 5.65 Å². The molecule has 0 spiro atoms. The molecule has 0 atom stereocenters. The van der Waals surface area contributed by atoms with Crippen molar-refractivity contribution in [3.8, 4) is 0 Å². The minimum absolute atomic E-state index is 0.668. The van der Waals surface area contributed by atoms with Gasteiger partial charge in [-0.1, -0.05) is 6.07 Å². The van der Waals surface area contributed by atoms with E-state index in [1.54, 1.807) is 15.9 Å². The molecular weight excluding hydrogens is 232 g/mol. The Morgan fingerprint density at radius 2 is 2.29 bits per heavy atom. The Morgan fingerprint density at radius 1 is 1.35 bits per heavy atom. The number of hydrogen-bond acceptors (Lipinski definition) is 4. The third-order valence-corrected chi connectivity index (χ3v) is 3.55. The van der Waals surface area contributed by atoms with E-state index >= 15 is 0 Å². The molecule has 3 aromatic rings. The van der Waals surface area contributed by atoms with E-state index in [0.29, 0.717) is 5.95 Å². The van der Waals surface area contributed by atoms with Gasteiger partial charge in [0.2, 0.25) is 5.95 Å². The second-order valence-electron chi connectivity index (χ2n) is 3.87. The van der Waals surface area contributed by atoms with Crippen LogP contribution in [-0.2, 0) is 6.54 Å². The average molecular weight is 244 g/mol. The Bertz CT molecular complexity index is 608. The van der Waals surface area contributed by atoms with E-state index in [4.69, 9.17) is 0 Å². The maximum Gasteiger partial charge on any atom is 0.243 e. The summed E-state index contributed by atoms with van der Waals surface area (Å²) < 4.78 is 1.77. The predicted molar refractivity (Wildman–Crippen MR) is 69.4 cm³/mol. The molecule has 0 amide bonds. The van der Waals surface area contributed by atoms with Crippen molar-refractivity contribution in [2.75, 3.05) is 5.32 Å². The van der Waals surface area contributed by atoms with E-state index in [1.165, 1.54) is 11.1 Å². The number of pyridine rings is 1. The van der Waals surface area contributed by atoms with Crippen LogP contribution in [0.15, 0.2) is 35.2 Å². The number of anilines is 1. The van der Waals surface area contributed by atoms with Gasteiger partial charge in [-0.05, 0) is 40.9 Å². The Kier molecular flexibility index (Phi) is 2.53. The van der Waals surface area contributed by atoms with Crippen LogP contribution >= 0.6 is 11.3 Å². The van der Waals surface area contributed by atoms with Crippen LogP contribution in [0.2, 0.25) is 0 Å². The average Bonchev–Trinajstić information content (AvgIpc) is 2.92. The number of fused-ring (bicyclic) bond motifs is 1. The summed E-state index contributed by atoms with van der Waals surface area (Å²) in [5.41, 5.74) is 3.47. The molecule has 0 fully saturated rings. The number of hydrogen-bond donors (Lipinski definition) is 1. The topological polar surface area (TPSA) is 42.2 Å². The first-order chi connectivity index (χ1) is 8.33. The lowest BCUT2D eigenvalue weighted by Crippen LogP contribution is -2.01. The van der Waals surface area contributed by atoms with E-state index in [9.17, 15) is 0 Å². The highest BCUT2D eigenvalue weighted by Crippen LogP contribution is 2.15. The summed E-state index contributed by atoms with van der Waals surface area (Å²) in [4.78, 5) is 4.39. The van der Waals surface area contributed by atoms with Crippen molar-refractivity contribution in [2.45, 2.75) is 13.5 Å². The van der Waals surface area contributed by atoms with Crippen LogP contribution in [0.1, 0.15) is 11.1 Å². The Balaban J connectivity index is 1.79. The molecule has 0 aliphatic carbocycles. The summed E-state index contributed by atoms with van der Waals surface area (Å²) in [6.07, 6.45) is 1.89. The first kappa shape index (κ1) is 10.3. The van der Waals surface area contributed by atoms with Gasteiger partial charge in [-0.15, -0.1) is 5.10 Å². The molecule has 0 bridgehead atoms. The minimum atomic E-state index is 0.668. The zero-order valence-corrected chi connectivity index (χ0v) is 10.2. The molecule has 0 radical (unpaired) electrons. The summed E-state index contributed by atoms with van der Waals surface area (Å²) in [7, 11) is 0. The summed E-state index contributed by atoms with van der Waals surface area (Å²) in [5.74, 6) is 0.668. The summed E-state index contributed by atoms with van der Waals surface area (Å²) in [5, 5.41) is 11.9. The maximum absolute atomic E-state index is 4.39. The van der Waals surface area contributed by atoms with E-state index < -0.39 is 0 Å². The van der Waals surface area contributed by atoms with Gasteiger partial charge in [0.1, 0.15) is 0 Å². The summed E-state index contributed by atoms with van der Waals surface area (Å²) in [6, 6.07) is 5.83. The lowest BCUT2D eigenvalue weighted by Gasteiger charge is -2.00. The third kappa shape index (κ3) is 2.01. The van der Waals surface area contributed by atoms with E-state index in [2.05, 4.69) is 33.1 Å². The highest BCUT2D eigenvalue weighted by atomic mass is 32.1. The number of aromatic nitrogens is 3. The number of nitrogens with one attached hydrogen (secondary N) is 1. The van der Waals surface area contributed by atoms with Gasteiger partial charge < -0.3 is 5.32 Å². The van der Waals surface area contributed by atoms with Crippen LogP contribution in [0.3, 0.4) is 0 Å². The van der Waals surface area contributed by atoms with Crippen LogP contribution in [0.5, 0.6) is 0 Å². The SMILES string of the molecule is Cc1cscc1CNc1nc2ccccn2n1. The molecule has 86 valence electrons. The van der Waals surface area contributed by atoms with Crippen molar-refractivity contribution >= 4 is 22.9 Å². The molecule has 1 N–H and O–H groups in total. The molecule has 3 heterocycles. The molecule has 17 heavy (non-hydrogen) atoms. The Hall–Kier alpha value is -1.88. The Morgan fingerprint density at radius 3 is 3.06 bits per heavy atom. The molecule has 3 rings (SSSR count). The highest BCUT2D eigenvalue weighted by molar-refractivity contribution is 7.08. The molecular formula is C12H12N4S. The van der Waals surface area contributed by atoms with Crippen molar-refractivity contribution < 1.29 is 0 Å². The normalized spacial score (nSPS) is 10.9. The fourth-order valence-corrected chi connectivity index (χ4v) is 2.51. The van der Waals surface area contributed by atoms with Gasteiger partial charge in [-0.25, -0.2) is 4.52 Å². The van der Waals surface area contributed by atoms with E-state index in [0.717, 1.165) is 12.2 Å². The van der Waals surface area contributed by atoms with E-state index in [-0.39, 0.29) is 0 Å². The highest BCUT2D eigenvalue weighted by Gasteiger charge is 2.03. The lowest BCUT2D eigenvalue weighted by atomic mass is 10.2. The molecule has 0 aliphatic heterocycles. The van der Waals surface area contributed by atoms with Gasteiger partial charge in [0.25, 0.3) is 0 Å². The summed E-state index contributed by atoms with van der Waals surface area (Å²) in [6.45, 7) is 2.89. The first-order valence-corrected chi connectivity index (χ1v) is 6.34. The first-order valence-electron chi connectivity index (χ1n) is 5.40. The second kappa shape index (κ2) is 4.18. The quantitative estimate of drug-likeness (QED) is 0.770. The van der Waals surface area contributed by atoms with Gasteiger partial charge in [0.05, 0.1) is 0 Å². The van der Waals surface area contributed by atoms with Gasteiger partial charge in [-0.2, -0.15) is 16.3 Å².